The molecule has 6 nitrogen and oxygen atoms in total. The number of hydrogen-bond donors (Lipinski definition) is 1. The molecule has 4 rings (SSSR count). The summed E-state index contributed by atoms with van der Waals surface area (Å²) in [5.41, 5.74) is -0.892. The predicted octanol–water partition coefficient (Wildman–Crippen LogP) is 3.64. The molecule has 1 saturated carbocycles. The Kier molecular flexibility index (Phi) is 7.21. The summed E-state index contributed by atoms with van der Waals surface area (Å²) >= 11 is 0. The van der Waals surface area contributed by atoms with Crippen molar-refractivity contribution in [2.24, 2.45) is 5.92 Å². The molecule has 0 radical (unpaired) electrons. The number of aromatic nitrogens is 2. The van der Waals surface area contributed by atoms with Crippen molar-refractivity contribution in [3.63, 3.8) is 0 Å². The molecule has 0 spiro atoms. The Balaban J connectivity index is 1.40. The minimum absolute atomic E-state index is 0.0762. The van der Waals surface area contributed by atoms with Crippen molar-refractivity contribution in [1.82, 2.24) is 9.97 Å². The van der Waals surface area contributed by atoms with Crippen molar-refractivity contribution in [1.29, 1.82) is 0 Å². The first-order chi connectivity index (χ1) is 15.5. The quantitative estimate of drug-likeness (QED) is 0.503. The molecule has 2 fully saturated rings. The number of esters is 1. The summed E-state index contributed by atoms with van der Waals surface area (Å²) in [7, 11) is 2.24. The zero-order chi connectivity index (χ0) is 22.4. The topological polar surface area (TPSA) is 72.3 Å². The number of carbonyl (C=O) groups excluding carboxylic acids is 1. The second-order valence-electron chi connectivity index (χ2n) is 9.80. The van der Waals surface area contributed by atoms with Gasteiger partial charge in [-0.05, 0) is 30.9 Å². The molecule has 1 aromatic heterocycles. The van der Waals surface area contributed by atoms with Gasteiger partial charge in [0, 0.05) is 37.6 Å². The first-order valence-corrected chi connectivity index (χ1v) is 12.1. The molecule has 2 heterocycles. The van der Waals surface area contributed by atoms with E-state index in [1.165, 1.54) is 0 Å². The fourth-order valence-corrected chi connectivity index (χ4v) is 5.55. The maximum Gasteiger partial charge on any atom is 0.343 e. The Morgan fingerprint density at radius 3 is 2.53 bits per heavy atom. The van der Waals surface area contributed by atoms with Crippen LogP contribution in [-0.2, 0) is 21.6 Å². The number of rotatable bonds is 8. The average Bonchev–Trinajstić information content (AvgIpc) is 3.35. The predicted molar refractivity (Wildman–Crippen MR) is 123 cm³/mol. The number of likely N-dealkylation sites (N-methyl/N-ethyl adjacent to an activating group) is 1. The number of aliphatic hydroxyl groups is 1. The van der Waals surface area contributed by atoms with Crippen molar-refractivity contribution in [3.8, 4) is 0 Å². The van der Waals surface area contributed by atoms with Crippen molar-refractivity contribution in [2.75, 3.05) is 26.7 Å². The molecule has 2 aliphatic rings. The van der Waals surface area contributed by atoms with Crippen LogP contribution in [0.15, 0.2) is 48.8 Å². The molecule has 0 bridgehead atoms. The molecule has 32 heavy (non-hydrogen) atoms. The lowest BCUT2D eigenvalue weighted by Crippen LogP contribution is -2.55. The zero-order valence-corrected chi connectivity index (χ0v) is 19.2. The molecule has 6 heteroatoms. The Bertz CT molecular complexity index is 872. The van der Waals surface area contributed by atoms with Gasteiger partial charge < -0.3 is 14.3 Å². The smallest absolute Gasteiger partial charge is 0.343 e. The van der Waals surface area contributed by atoms with E-state index in [1.807, 2.05) is 36.4 Å². The Morgan fingerprint density at radius 2 is 1.81 bits per heavy atom. The van der Waals surface area contributed by atoms with Crippen LogP contribution < -0.4 is 0 Å². The number of carbonyl (C=O) groups is 1. The molecule has 2 aromatic rings. The summed E-state index contributed by atoms with van der Waals surface area (Å²) in [6.45, 7) is 2.87. The minimum atomic E-state index is -1.55. The molecule has 1 saturated heterocycles. The highest BCUT2D eigenvalue weighted by atomic mass is 16.6. The number of aryl methyl sites for hydroxylation is 1. The molecule has 1 aliphatic carbocycles. The van der Waals surface area contributed by atoms with E-state index >= 15 is 0 Å². The van der Waals surface area contributed by atoms with Gasteiger partial charge in [-0.25, -0.2) is 14.8 Å². The highest BCUT2D eigenvalue weighted by Gasteiger charge is 2.49. The number of likely N-dealkylation sites (tertiary alicyclic amines) is 1. The molecule has 1 aliphatic heterocycles. The molecular formula is C26H36N3O3+. The van der Waals surface area contributed by atoms with Crippen LogP contribution in [0.4, 0.5) is 0 Å². The third-order valence-electron chi connectivity index (χ3n) is 7.33. The molecule has 3 atom stereocenters. The van der Waals surface area contributed by atoms with Crippen molar-refractivity contribution < 1.29 is 19.1 Å². The van der Waals surface area contributed by atoms with Crippen LogP contribution in [-0.4, -0.2) is 58.3 Å². The Morgan fingerprint density at radius 1 is 1.09 bits per heavy atom. The summed E-state index contributed by atoms with van der Waals surface area (Å²) in [6, 6.07) is 11.2. The van der Waals surface area contributed by atoms with Crippen LogP contribution >= 0.6 is 0 Å². The fourth-order valence-electron chi connectivity index (χ4n) is 5.55. The minimum Gasteiger partial charge on any atom is -0.454 e. The van der Waals surface area contributed by atoms with Crippen molar-refractivity contribution in [2.45, 2.75) is 63.1 Å². The first-order valence-electron chi connectivity index (χ1n) is 12.1. The highest BCUT2D eigenvalue weighted by Crippen LogP contribution is 2.42. The fraction of sp³-hybridized carbons (Fsp3) is 0.577. The third kappa shape index (κ3) is 5.18. The van der Waals surface area contributed by atoms with Crippen LogP contribution in [0.2, 0.25) is 0 Å². The normalized spacial score (nSPS) is 25.9. The van der Waals surface area contributed by atoms with Gasteiger partial charge in [-0.2, -0.15) is 0 Å². The molecular weight excluding hydrogens is 402 g/mol. The van der Waals surface area contributed by atoms with Crippen molar-refractivity contribution in [3.05, 3.63) is 60.2 Å². The number of piperidine rings is 1. The van der Waals surface area contributed by atoms with E-state index in [9.17, 15) is 9.90 Å². The van der Waals surface area contributed by atoms with Gasteiger partial charge in [0.2, 0.25) is 0 Å². The average molecular weight is 439 g/mol. The molecule has 1 N–H and O–H groups in total. The lowest BCUT2D eigenvalue weighted by Gasteiger charge is -2.42. The molecule has 2 unspecified atom stereocenters. The summed E-state index contributed by atoms with van der Waals surface area (Å²) in [5, 5.41) is 11.7. The van der Waals surface area contributed by atoms with Gasteiger partial charge in [0.05, 0.1) is 20.1 Å². The standard InChI is InChI=1S/C26H36N3O3/c1-29(19-8-15-24-27-16-9-17-28-24)18-7-14-23(20-29)32-25(30)26(31,22-12-5-6-13-22)21-10-3-2-4-11-21/h2-4,9-11,16-17,22-23,31H,5-8,12-15,18-20H2,1H3/q+1/t23?,26?,29-/m0/s1. The summed E-state index contributed by atoms with van der Waals surface area (Å²) < 4.78 is 6.93. The zero-order valence-electron chi connectivity index (χ0n) is 19.2. The number of hydrogen-bond acceptors (Lipinski definition) is 5. The Hall–Kier alpha value is -2.31. The Labute approximate surface area is 191 Å². The lowest BCUT2D eigenvalue weighted by molar-refractivity contribution is -0.917. The lowest BCUT2D eigenvalue weighted by atomic mass is 9.80. The van der Waals surface area contributed by atoms with Crippen LogP contribution in [0.3, 0.4) is 0 Å². The monoisotopic (exact) mass is 438 g/mol. The summed E-state index contributed by atoms with van der Waals surface area (Å²) in [6.07, 6.45) is 11.0. The second kappa shape index (κ2) is 10.1. The van der Waals surface area contributed by atoms with Gasteiger partial charge in [-0.3, -0.25) is 0 Å². The highest BCUT2D eigenvalue weighted by molar-refractivity contribution is 5.81. The number of ether oxygens (including phenoxy) is 1. The van der Waals surface area contributed by atoms with Gasteiger partial charge in [0.25, 0.3) is 0 Å². The van der Waals surface area contributed by atoms with E-state index < -0.39 is 11.6 Å². The summed E-state index contributed by atoms with van der Waals surface area (Å²) in [5.74, 6) is 0.336. The second-order valence-corrected chi connectivity index (χ2v) is 9.80. The maximum absolute atomic E-state index is 13.4. The van der Waals surface area contributed by atoms with Crippen LogP contribution in [0.1, 0.15) is 56.3 Å². The van der Waals surface area contributed by atoms with Crippen molar-refractivity contribution >= 4 is 5.97 Å². The number of nitrogens with zero attached hydrogens (tertiary/aromatic N) is 3. The van der Waals surface area contributed by atoms with E-state index in [0.29, 0.717) is 5.56 Å². The van der Waals surface area contributed by atoms with Crippen LogP contribution in [0.5, 0.6) is 0 Å². The number of quaternary nitrogens is 1. The van der Waals surface area contributed by atoms with Gasteiger partial charge in [-0.15, -0.1) is 0 Å². The van der Waals surface area contributed by atoms with E-state index in [4.69, 9.17) is 4.74 Å². The summed E-state index contributed by atoms with van der Waals surface area (Å²) in [4.78, 5) is 22.1. The van der Waals surface area contributed by atoms with Gasteiger partial charge in [0.1, 0.15) is 12.4 Å². The van der Waals surface area contributed by atoms with Crippen LogP contribution in [0.25, 0.3) is 0 Å². The molecule has 1 aromatic carbocycles. The van der Waals surface area contributed by atoms with Gasteiger partial charge in [0.15, 0.2) is 11.7 Å². The van der Waals surface area contributed by atoms with E-state index in [-0.39, 0.29) is 12.0 Å². The third-order valence-corrected chi connectivity index (χ3v) is 7.33. The van der Waals surface area contributed by atoms with E-state index in [2.05, 4.69) is 17.0 Å². The maximum atomic E-state index is 13.4. The SMILES string of the molecule is C[N@@+]1(CCCc2ncccn2)CCCC(OC(=O)C(O)(c2ccccc2)C2CCCC2)C1. The van der Waals surface area contributed by atoms with Gasteiger partial charge >= 0.3 is 5.97 Å². The van der Waals surface area contributed by atoms with E-state index in [0.717, 1.165) is 81.3 Å². The molecule has 172 valence electrons. The van der Waals surface area contributed by atoms with E-state index in [1.54, 1.807) is 12.4 Å². The largest absolute Gasteiger partial charge is 0.454 e. The van der Waals surface area contributed by atoms with Crippen LogP contribution in [0, 0.1) is 5.92 Å². The van der Waals surface area contributed by atoms with Gasteiger partial charge in [-0.1, -0.05) is 43.2 Å². The first kappa shape index (κ1) is 22.9. The number of benzene rings is 1. The molecule has 0 amide bonds.